The number of methoxy groups -OCH3 is 1. The van der Waals surface area contributed by atoms with Crippen LogP contribution in [0.15, 0.2) is 18.2 Å². The van der Waals surface area contributed by atoms with Gasteiger partial charge < -0.3 is 19.7 Å². The summed E-state index contributed by atoms with van der Waals surface area (Å²) in [6, 6.07) is 4.81. The molecule has 1 amide bonds. The highest BCUT2D eigenvalue weighted by molar-refractivity contribution is 7.80. The molecule has 2 aliphatic heterocycles. The fraction of sp³-hybridized carbons (Fsp3) is 0.500. The lowest BCUT2D eigenvalue weighted by Crippen LogP contribution is -2.43. The molecule has 0 bridgehead atoms. The van der Waals surface area contributed by atoms with E-state index in [9.17, 15) is 9.18 Å². The Morgan fingerprint density at radius 1 is 1.44 bits per heavy atom. The molecule has 0 radical (unpaired) electrons. The molecule has 1 atom stereocenters. The van der Waals surface area contributed by atoms with E-state index in [1.807, 2.05) is 4.90 Å². The largest absolute Gasteiger partial charge is 0.474 e. The summed E-state index contributed by atoms with van der Waals surface area (Å²) < 4.78 is 24.8. The zero-order valence-corrected chi connectivity index (χ0v) is 15.0. The summed E-state index contributed by atoms with van der Waals surface area (Å²) in [4.78, 5) is 17.1. The minimum Gasteiger partial charge on any atom is -0.474 e. The number of rotatable bonds is 3. The van der Waals surface area contributed by atoms with Crippen LogP contribution in [0.5, 0.6) is 0 Å². The van der Waals surface area contributed by atoms with E-state index in [-0.39, 0.29) is 17.5 Å². The summed E-state index contributed by atoms with van der Waals surface area (Å²) in [7, 11) is 3.14. The van der Waals surface area contributed by atoms with Gasteiger partial charge in [-0.1, -0.05) is 0 Å². The van der Waals surface area contributed by atoms with E-state index < -0.39 is 12.3 Å². The van der Waals surface area contributed by atoms with Gasteiger partial charge in [-0.2, -0.15) is 0 Å². The van der Waals surface area contributed by atoms with Crippen LogP contribution in [-0.2, 0) is 9.47 Å². The molecule has 1 N–H and O–H groups in total. The minimum absolute atomic E-state index is 0.222. The summed E-state index contributed by atoms with van der Waals surface area (Å²) in [5, 5.41) is 3.46. The summed E-state index contributed by atoms with van der Waals surface area (Å²) >= 11 is 5.04. The molecule has 7 nitrogen and oxygen atoms in total. The highest BCUT2D eigenvalue weighted by atomic mass is 32.1. The minimum atomic E-state index is -0.573. The Balaban J connectivity index is 1.74. The van der Waals surface area contributed by atoms with Crippen LogP contribution in [-0.4, -0.2) is 69.3 Å². The van der Waals surface area contributed by atoms with Crippen LogP contribution in [0.4, 0.5) is 20.6 Å². The second-order valence-electron chi connectivity index (χ2n) is 5.90. The molecule has 136 valence electrons. The molecule has 0 aromatic heterocycles. The Bertz CT molecular complexity index is 669. The van der Waals surface area contributed by atoms with Gasteiger partial charge in [0.25, 0.3) is 5.17 Å². The molecule has 0 aliphatic carbocycles. The van der Waals surface area contributed by atoms with Crippen molar-refractivity contribution in [3.63, 3.8) is 0 Å². The number of ether oxygens (including phenoxy) is 2. The molecule has 0 saturated carbocycles. The van der Waals surface area contributed by atoms with E-state index in [1.54, 1.807) is 24.1 Å². The Morgan fingerprint density at radius 3 is 2.80 bits per heavy atom. The lowest BCUT2D eigenvalue weighted by molar-refractivity contribution is 0.0678. The summed E-state index contributed by atoms with van der Waals surface area (Å²) in [6.45, 7) is 3.40. The monoisotopic (exact) mass is 368 g/mol. The first kappa shape index (κ1) is 17.7. The maximum Gasteiger partial charge on any atom is 0.416 e. The average molecular weight is 368 g/mol. The van der Waals surface area contributed by atoms with Gasteiger partial charge in [0.05, 0.1) is 25.0 Å². The van der Waals surface area contributed by atoms with Crippen LogP contribution in [0.3, 0.4) is 0 Å². The van der Waals surface area contributed by atoms with Crippen molar-refractivity contribution >= 4 is 34.9 Å². The van der Waals surface area contributed by atoms with E-state index in [0.29, 0.717) is 11.4 Å². The van der Waals surface area contributed by atoms with Gasteiger partial charge in [-0.25, -0.2) is 9.18 Å². The number of piperazine rings is 1. The van der Waals surface area contributed by atoms with Crippen molar-refractivity contribution in [1.29, 1.82) is 0 Å². The number of nitrogens with one attached hydrogen (secondary N) is 1. The highest BCUT2D eigenvalue weighted by Crippen LogP contribution is 2.28. The quantitative estimate of drug-likeness (QED) is 0.809. The number of halogens is 1. The molecule has 1 aromatic rings. The van der Waals surface area contributed by atoms with Crippen LogP contribution >= 0.6 is 12.2 Å². The molecule has 0 spiro atoms. The molecule has 9 heteroatoms. The Labute approximate surface area is 151 Å². The standard InChI is InChI=1S/C16H21FN4O3S/c1-19(16(25)23-2)14-10-21(15(22)24-14)11-3-4-13(12(17)9-11)20-7-5-18-6-8-20/h3-4,9,14,18H,5-8,10H2,1-2H3/t14-/m0/s1. The topological polar surface area (TPSA) is 57.3 Å². The van der Waals surface area contributed by atoms with Gasteiger partial charge in [-0.05, 0) is 30.4 Å². The molecule has 2 saturated heterocycles. The molecule has 25 heavy (non-hydrogen) atoms. The van der Waals surface area contributed by atoms with E-state index in [2.05, 4.69) is 5.32 Å². The van der Waals surface area contributed by atoms with Gasteiger partial charge in [-0.15, -0.1) is 0 Å². The number of amides is 1. The van der Waals surface area contributed by atoms with Crippen molar-refractivity contribution < 1.29 is 18.7 Å². The van der Waals surface area contributed by atoms with Crippen molar-refractivity contribution in [2.24, 2.45) is 0 Å². The third kappa shape index (κ3) is 3.62. The molecular weight excluding hydrogens is 347 g/mol. The Morgan fingerprint density at radius 2 is 2.16 bits per heavy atom. The number of nitrogens with zero attached hydrogens (tertiary/aromatic N) is 3. The lowest BCUT2D eigenvalue weighted by atomic mass is 10.2. The second kappa shape index (κ2) is 7.40. The third-order valence-corrected chi connectivity index (χ3v) is 4.85. The Hall–Kier alpha value is -2.13. The zero-order valence-electron chi connectivity index (χ0n) is 14.2. The zero-order chi connectivity index (χ0) is 18.0. The first-order chi connectivity index (χ1) is 12.0. The van der Waals surface area contributed by atoms with E-state index in [4.69, 9.17) is 21.7 Å². The van der Waals surface area contributed by atoms with Gasteiger partial charge in [-0.3, -0.25) is 9.80 Å². The number of anilines is 2. The van der Waals surface area contributed by atoms with Crippen molar-refractivity contribution in [2.75, 3.05) is 56.7 Å². The first-order valence-corrected chi connectivity index (χ1v) is 8.46. The molecule has 1 aromatic carbocycles. The predicted octanol–water partition coefficient (Wildman–Crippen LogP) is 1.38. The number of thiocarbonyl (C=S) groups is 1. The van der Waals surface area contributed by atoms with Gasteiger partial charge in [0.15, 0.2) is 6.23 Å². The summed E-state index contributed by atoms with van der Waals surface area (Å²) in [5.74, 6) is -0.351. The third-order valence-electron chi connectivity index (χ3n) is 4.39. The maximum absolute atomic E-state index is 14.6. The van der Waals surface area contributed by atoms with Crippen LogP contribution in [0, 0.1) is 5.82 Å². The molecule has 2 fully saturated rings. The smallest absolute Gasteiger partial charge is 0.416 e. The van der Waals surface area contributed by atoms with E-state index >= 15 is 0 Å². The van der Waals surface area contributed by atoms with Crippen LogP contribution in [0.1, 0.15) is 0 Å². The van der Waals surface area contributed by atoms with Crippen molar-refractivity contribution in [3.05, 3.63) is 24.0 Å². The summed E-state index contributed by atoms with van der Waals surface area (Å²) in [5.41, 5.74) is 1.01. The van der Waals surface area contributed by atoms with Gasteiger partial charge in [0, 0.05) is 33.2 Å². The van der Waals surface area contributed by atoms with Crippen molar-refractivity contribution in [3.8, 4) is 0 Å². The number of benzene rings is 1. The lowest BCUT2D eigenvalue weighted by Gasteiger charge is -2.30. The van der Waals surface area contributed by atoms with Crippen LogP contribution in [0.25, 0.3) is 0 Å². The maximum atomic E-state index is 14.6. The number of likely N-dealkylation sites (N-methyl/N-ethyl adjacent to an activating group) is 1. The van der Waals surface area contributed by atoms with Gasteiger partial charge >= 0.3 is 6.09 Å². The number of hydrogen-bond donors (Lipinski definition) is 1. The highest BCUT2D eigenvalue weighted by Gasteiger charge is 2.36. The normalized spacial score (nSPS) is 20.4. The second-order valence-corrected chi connectivity index (χ2v) is 6.25. The van der Waals surface area contributed by atoms with Gasteiger partial charge in [0.1, 0.15) is 5.82 Å². The fourth-order valence-corrected chi connectivity index (χ4v) is 3.07. The van der Waals surface area contributed by atoms with Crippen molar-refractivity contribution in [2.45, 2.75) is 6.23 Å². The van der Waals surface area contributed by atoms with E-state index in [0.717, 1.165) is 26.2 Å². The number of carbonyl (C=O) groups excluding carboxylic acids is 1. The molecule has 2 aliphatic rings. The van der Waals surface area contributed by atoms with Crippen LogP contribution in [0.2, 0.25) is 0 Å². The predicted molar refractivity (Wildman–Crippen MR) is 96.5 cm³/mol. The average Bonchev–Trinajstić information content (AvgIpc) is 3.02. The molecule has 3 rings (SSSR count). The number of cyclic esters (lactones) is 1. The van der Waals surface area contributed by atoms with Crippen molar-refractivity contribution in [1.82, 2.24) is 10.2 Å². The first-order valence-electron chi connectivity index (χ1n) is 8.05. The number of carbonyl (C=O) groups is 1. The van der Waals surface area contributed by atoms with Gasteiger partial charge in [0.2, 0.25) is 0 Å². The molecule has 2 heterocycles. The van der Waals surface area contributed by atoms with Crippen LogP contribution < -0.4 is 15.1 Å². The van der Waals surface area contributed by atoms with E-state index in [1.165, 1.54) is 18.1 Å². The molecular formula is C16H21FN4O3S. The fourth-order valence-electron chi connectivity index (χ4n) is 2.95. The summed E-state index contributed by atoms with van der Waals surface area (Å²) in [6.07, 6.45) is -1.11. The Kier molecular flexibility index (Phi) is 5.24. The number of hydrogen-bond acceptors (Lipinski definition) is 6. The molecule has 0 unspecified atom stereocenters. The SMILES string of the molecule is COC(=S)N(C)[C@@H]1CN(c2ccc(N3CCNCC3)c(F)c2)C(=O)O1.